The lowest BCUT2D eigenvalue weighted by molar-refractivity contribution is 0.0691. The van der Waals surface area contributed by atoms with Crippen LogP contribution in [0.3, 0.4) is 0 Å². The van der Waals surface area contributed by atoms with Crippen LogP contribution < -0.4 is 5.32 Å². The van der Waals surface area contributed by atoms with Crippen molar-refractivity contribution in [3.05, 3.63) is 21.9 Å². The maximum atomic E-state index is 10.6. The molecule has 0 saturated carbocycles. The largest absolute Gasteiger partial charge is 0.476 e. The van der Waals surface area contributed by atoms with Crippen LogP contribution in [0.5, 0.6) is 0 Å². The fourth-order valence-electron chi connectivity index (χ4n) is 1.17. The molecule has 0 fully saturated rings. The van der Waals surface area contributed by atoms with Crippen LogP contribution in [0.4, 0.5) is 5.13 Å². The monoisotopic (exact) mass is 270 g/mol. The molecule has 2 N–H and O–H groups in total. The summed E-state index contributed by atoms with van der Waals surface area (Å²) < 4.78 is 4.05. The van der Waals surface area contributed by atoms with E-state index in [-0.39, 0.29) is 5.69 Å². The quantitative estimate of drug-likeness (QED) is 0.859. The van der Waals surface area contributed by atoms with Gasteiger partial charge < -0.3 is 10.4 Å². The second-order valence-electron chi connectivity index (χ2n) is 3.26. The van der Waals surface area contributed by atoms with Gasteiger partial charge in [0.05, 0.1) is 5.01 Å². The van der Waals surface area contributed by atoms with Gasteiger partial charge in [-0.1, -0.05) is 0 Å². The Morgan fingerprint density at radius 3 is 2.94 bits per heavy atom. The topological polar surface area (TPSA) is 88.0 Å². The minimum absolute atomic E-state index is 0.108. The van der Waals surface area contributed by atoms with Gasteiger partial charge in [-0.15, -0.1) is 11.3 Å². The Morgan fingerprint density at radius 1 is 1.53 bits per heavy atom. The van der Waals surface area contributed by atoms with E-state index in [1.807, 2.05) is 6.92 Å². The highest BCUT2D eigenvalue weighted by atomic mass is 32.1. The Morgan fingerprint density at radius 2 is 2.35 bits per heavy atom. The SMILES string of the molecule is Cc1nsc(NCCc2nc(C(=O)O)cs2)n1. The van der Waals surface area contributed by atoms with Crippen molar-refractivity contribution in [2.45, 2.75) is 13.3 Å². The average molecular weight is 270 g/mol. The molecule has 8 heteroatoms. The smallest absolute Gasteiger partial charge is 0.355 e. The van der Waals surface area contributed by atoms with E-state index in [2.05, 4.69) is 19.7 Å². The van der Waals surface area contributed by atoms with Gasteiger partial charge in [0.1, 0.15) is 5.82 Å². The highest BCUT2D eigenvalue weighted by molar-refractivity contribution is 7.10. The van der Waals surface area contributed by atoms with Gasteiger partial charge in [-0.2, -0.15) is 4.37 Å². The number of hydrogen-bond acceptors (Lipinski definition) is 7. The first-order valence-electron chi connectivity index (χ1n) is 4.87. The molecule has 2 aromatic rings. The molecule has 0 bridgehead atoms. The number of aromatic nitrogens is 3. The van der Waals surface area contributed by atoms with E-state index in [0.717, 1.165) is 16.0 Å². The summed E-state index contributed by atoms with van der Waals surface area (Å²) in [6.45, 7) is 2.50. The number of carboxylic acid groups (broad SMARTS) is 1. The zero-order valence-corrected chi connectivity index (χ0v) is 10.6. The third-order valence-corrected chi connectivity index (χ3v) is 3.59. The van der Waals surface area contributed by atoms with E-state index >= 15 is 0 Å². The third-order valence-electron chi connectivity index (χ3n) is 1.91. The Kier molecular flexibility index (Phi) is 3.64. The lowest BCUT2D eigenvalue weighted by atomic mass is 10.4. The van der Waals surface area contributed by atoms with Crippen molar-refractivity contribution < 1.29 is 9.90 Å². The van der Waals surface area contributed by atoms with E-state index in [1.165, 1.54) is 22.9 Å². The maximum absolute atomic E-state index is 10.6. The minimum Gasteiger partial charge on any atom is -0.476 e. The van der Waals surface area contributed by atoms with Crippen LogP contribution >= 0.6 is 22.9 Å². The van der Waals surface area contributed by atoms with E-state index in [0.29, 0.717) is 13.0 Å². The van der Waals surface area contributed by atoms with Crippen LogP contribution in [0.2, 0.25) is 0 Å². The number of carboxylic acids is 1. The summed E-state index contributed by atoms with van der Waals surface area (Å²) in [6, 6.07) is 0. The molecule has 0 saturated heterocycles. The van der Waals surface area contributed by atoms with E-state index in [4.69, 9.17) is 5.11 Å². The van der Waals surface area contributed by atoms with Crippen molar-refractivity contribution >= 4 is 34.0 Å². The van der Waals surface area contributed by atoms with Gasteiger partial charge in [0.25, 0.3) is 0 Å². The molecule has 0 unspecified atom stereocenters. The van der Waals surface area contributed by atoms with Crippen LogP contribution in [-0.2, 0) is 6.42 Å². The Balaban J connectivity index is 1.83. The van der Waals surface area contributed by atoms with Crippen molar-refractivity contribution in [2.75, 3.05) is 11.9 Å². The first-order chi connectivity index (χ1) is 8.15. The number of hydrogen-bond donors (Lipinski definition) is 2. The van der Waals surface area contributed by atoms with Gasteiger partial charge in [-0.05, 0) is 6.92 Å². The summed E-state index contributed by atoms with van der Waals surface area (Å²) in [5.74, 6) is -0.236. The standard InChI is InChI=1S/C9H10N4O2S2/c1-5-11-9(17-13-5)10-3-2-7-12-6(4-16-7)8(14)15/h4H,2-3H2,1H3,(H,14,15)(H,10,11,13). The molecule has 0 spiro atoms. The van der Waals surface area contributed by atoms with Gasteiger partial charge in [0, 0.05) is 29.9 Å². The number of rotatable bonds is 5. The maximum Gasteiger partial charge on any atom is 0.355 e. The number of nitrogens with one attached hydrogen (secondary N) is 1. The van der Waals surface area contributed by atoms with Crippen molar-refractivity contribution in [1.82, 2.24) is 14.3 Å². The average Bonchev–Trinajstić information content (AvgIpc) is 2.88. The molecule has 17 heavy (non-hydrogen) atoms. The summed E-state index contributed by atoms with van der Waals surface area (Å²) in [7, 11) is 0. The summed E-state index contributed by atoms with van der Waals surface area (Å²) >= 11 is 2.67. The second kappa shape index (κ2) is 5.19. The molecule has 90 valence electrons. The fourth-order valence-corrected chi connectivity index (χ4v) is 2.54. The zero-order chi connectivity index (χ0) is 12.3. The number of carbonyl (C=O) groups is 1. The van der Waals surface area contributed by atoms with E-state index < -0.39 is 5.97 Å². The first-order valence-corrected chi connectivity index (χ1v) is 6.52. The number of thiazole rings is 1. The second-order valence-corrected chi connectivity index (χ2v) is 4.95. The first kappa shape index (κ1) is 11.9. The van der Waals surface area contributed by atoms with E-state index in [1.54, 1.807) is 5.38 Å². The van der Waals surface area contributed by atoms with Crippen LogP contribution in [0.1, 0.15) is 21.3 Å². The molecule has 0 aliphatic heterocycles. The van der Waals surface area contributed by atoms with Crippen molar-refractivity contribution in [3.63, 3.8) is 0 Å². The Bertz CT molecular complexity index is 523. The molecule has 2 rings (SSSR count). The molecule has 0 aliphatic carbocycles. The molecular weight excluding hydrogens is 260 g/mol. The molecular formula is C9H10N4O2S2. The van der Waals surface area contributed by atoms with Crippen LogP contribution in [0, 0.1) is 6.92 Å². The fraction of sp³-hybridized carbons (Fsp3) is 0.333. The van der Waals surface area contributed by atoms with Crippen LogP contribution in [0.25, 0.3) is 0 Å². The number of aromatic carboxylic acids is 1. The van der Waals surface area contributed by atoms with Gasteiger partial charge in [0.2, 0.25) is 5.13 Å². The predicted molar refractivity (Wildman–Crippen MR) is 65.9 cm³/mol. The lowest BCUT2D eigenvalue weighted by Gasteiger charge is -1.98. The summed E-state index contributed by atoms with van der Waals surface area (Å²) in [6.07, 6.45) is 0.677. The highest BCUT2D eigenvalue weighted by Gasteiger charge is 2.08. The predicted octanol–water partition coefficient (Wildman–Crippen LogP) is 1.66. The number of aryl methyl sites for hydroxylation is 1. The Hall–Kier alpha value is -1.54. The number of nitrogens with zero attached hydrogens (tertiary/aromatic N) is 3. The molecule has 2 heterocycles. The zero-order valence-electron chi connectivity index (χ0n) is 9.01. The minimum atomic E-state index is -0.986. The molecule has 0 atom stereocenters. The van der Waals surface area contributed by atoms with Crippen molar-refractivity contribution in [1.29, 1.82) is 0 Å². The normalized spacial score (nSPS) is 10.4. The van der Waals surface area contributed by atoms with Gasteiger partial charge in [0.15, 0.2) is 5.69 Å². The Labute approximate surface area is 106 Å². The van der Waals surface area contributed by atoms with Crippen LogP contribution in [-0.4, -0.2) is 32.0 Å². The highest BCUT2D eigenvalue weighted by Crippen LogP contribution is 2.12. The van der Waals surface area contributed by atoms with Gasteiger partial charge in [-0.25, -0.2) is 14.8 Å². The number of anilines is 1. The van der Waals surface area contributed by atoms with Gasteiger partial charge in [-0.3, -0.25) is 0 Å². The van der Waals surface area contributed by atoms with Crippen molar-refractivity contribution in [2.24, 2.45) is 0 Å². The summed E-state index contributed by atoms with van der Waals surface area (Å²) in [5.41, 5.74) is 0.108. The molecule has 0 aromatic carbocycles. The molecule has 6 nitrogen and oxygen atoms in total. The van der Waals surface area contributed by atoms with Crippen molar-refractivity contribution in [3.8, 4) is 0 Å². The lowest BCUT2D eigenvalue weighted by Crippen LogP contribution is -2.05. The summed E-state index contributed by atoms with van der Waals surface area (Å²) in [5, 5.41) is 15.0. The molecule has 0 aliphatic rings. The summed E-state index contributed by atoms with van der Waals surface area (Å²) in [4.78, 5) is 18.8. The third kappa shape index (κ3) is 3.21. The molecule has 0 amide bonds. The van der Waals surface area contributed by atoms with E-state index in [9.17, 15) is 4.79 Å². The molecule has 2 aromatic heterocycles. The molecule has 0 radical (unpaired) electrons. The van der Waals surface area contributed by atoms with Crippen LogP contribution in [0.15, 0.2) is 5.38 Å². The van der Waals surface area contributed by atoms with Gasteiger partial charge >= 0.3 is 5.97 Å².